The molecule has 1 aliphatic carbocycles. The monoisotopic (exact) mass is 328 g/mol. The minimum Gasteiger partial charge on any atom is -0.463 e. The quantitative estimate of drug-likeness (QED) is 0.506. The molecule has 7 nitrogen and oxygen atoms in total. The molecule has 7 heteroatoms. The Kier molecular flexibility index (Phi) is 6.29. The van der Waals surface area contributed by atoms with Gasteiger partial charge in [-0.25, -0.2) is 4.79 Å². The van der Waals surface area contributed by atoms with Gasteiger partial charge < -0.3 is 28.5 Å². The van der Waals surface area contributed by atoms with Crippen LogP contribution >= 0.6 is 0 Å². The molecule has 1 spiro atoms. The van der Waals surface area contributed by atoms with Crippen LogP contribution in [0.2, 0.25) is 0 Å². The molecule has 23 heavy (non-hydrogen) atoms. The first-order chi connectivity index (χ1) is 11.1. The van der Waals surface area contributed by atoms with Gasteiger partial charge in [0.1, 0.15) is 18.5 Å². The topological polar surface area (TPSA) is 80.3 Å². The zero-order valence-corrected chi connectivity index (χ0v) is 13.8. The first-order valence-corrected chi connectivity index (χ1v) is 7.77. The molecule has 0 bridgehead atoms. The van der Waals surface area contributed by atoms with E-state index in [1.54, 1.807) is 27.2 Å². The molecule has 1 fully saturated rings. The Morgan fingerprint density at radius 3 is 2.39 bits per heavy atom. The van der Waals surface area contributed by atoms with E-state index >= 15 is 0 Å². The van der Waals surface area contributed by atoms with E-state index in [9.17, 15) is 9.59 Å². The van der Waals surface area contributed by atoms with Crippen LogP contribution in [0.4, 0.5) is 0 Å². The van der Waals surface area contributed by atoms with Crippen molar-refractivity contribution in [1.82, 2.24) is 0 Å². The van der Waals surface area contributed by atoms with Crippen molar-refractivity contribution in [1.29, 1.82) is 0 Å². The summed E-state index contributed by atoms with van der Waals surface area (Å²) >= 11 is 0. The van der Waals surface area contributed by atoms with Crippen LogP contribution in [-0.2, 0) is 33.3 Å². The highest BCUT2D eigenvalue weighted by atomic mass is 16.8. The highest BCUT2D eigenvalue weighted by Gasteiger charge is 2.49. The molecule has 1 unspecified atom stereocenters. The highest BCUT2D eigenvalue weighted by molar-refractivity contribution is 5.93. The van der Waals surface area contributed by atoms with Crippen LogP contribution in [0.1, 0.15) is 19.8 Å². The van der Waals surface area contributed by atoms with Gasteiger partial charge in [0, 0.05) is 32.1 Å². The van der Waals surface area contributed by atoms with Crippen LogP contribution in [0.3, 0.4) is 0 Å². The molecular formula is C16H24O7. The van der Waals surface area contributed by atoms with E-state index in [4.69, 9.17) is 23.7 Å². The number of hydrogen-bond acceptors (Lipinski definition) is 7. The van der Waals surface area contributed by atoms with Gasteiger partial charge >= 0.3 is 5.97 Å². The van der Waals surface area contributed by atoms with E-state index in [1.165, 1.54) is 0 Å². The molecule has 0 aromatic rings. The van der Waals surface area contributed by atoms with Gasteiger partial charge in [0.2, 0.25) is 0 Å². The summed E-state index contributed by atoms with van der Waals surface area (Å²) in [5.74, 6) is -2.03. The van der Waals surface area contributed by atoms with Crippen molar-refractivity contribution in [3.8, 4) is 0 Å². The average Bonchev–Trinajstić information content (AvgIpc) is 2.85. The number of carbonyl (C=O) groups excluding carboxylic acids is 2. The van der Waals surface area contributed by atoms with Crippen LogP contribution < -0.4 is 0 Å². The van der Waals surface area contributed by atoms with E-state index in [1.807, 2.05) is 0 Å². The Morgan fingerprint density at radius 2 is 1.91 bits per heavy atom. The number of aldehydes is 1. The van der Waals surface area contributed by atoms with Crippen LogP contribution in [0.15, 0.2) is 11.6 Å². The second-order valence-electron chi connectivity index (χ2n) is 5.64. The summed E-state index contributed by atoms with van der Waals surface area (Å²) in [5, 5.41) is 0. The van der Waals surface area contributed by atoms with Crippen molar-refractivity contribution in [2.24, 2.45) is 5.92 Å². The van der Waals surface area contributed by atoms with Gasteiger partial charge in [0.15, 0.2) is 5.79 Å². The van der Waals surface area contributed by atoms with Crippen molar-refractivity contribution < 1.29 is 33.3 Å². The number of methoxy groups -OCH3 is 2. The number of ether oxygens (including phenoxy) is 5. The standard InChI is InChI=1S/C16H24O7/c1-4-21-15(18)12-7-16(6-5-11(12)8-17)22-13(9-19-2)14(23-16)10-20-3/h7-8,11,13-14H,4-6,9-10H2,1-3H3/t11?,13-,14-/m1/s1. The Balaban J connectivity index is 2.25. The summed E-state index contributed by atoms with van der Waals surface area (Å²) in [7, 11) is 3.17. The maximum absolute atomic E-state index is 12.1. The molecular weight excluding hydrogens is 304 g/mol. The largest absolute Gasteiger partial charge is 0.463 e. The maximum Gasteiger partial charge on any atom is 0.334 e. The van der Waals surface area contributed by atoms with Gasteiger partial charge in [-0.1, -0.05) is 0 Å². The van der Waals surface area contributed by atoms with Crippen molar-refractivity contribution in [2.45, 2.75) is 37.8 Å². The normalized spacial score (nSPS) is 29.3. The highest BCUT2D eigenvalue weighted by Crippen LogP contribution is 2.41. The zero-order chi connectivity index (χ0) is 16.9. The molecule has 0 N–H and O–H groups in total. The van der Waals surface area contributed by atoms with Crippen LogP contribution in [-0.4, -0.2) is 64.3 Å². The first kappa shape index (κ1) is 18.1. The lowest BCUT2D eigenvalue weighted by molar-refractivity contribution is -0.159. The van der Waals surface area contributed by atoms with Crippen LogP contribution in [0.25, 0.3) is 0 Å². The summed E-state index contributed by atoms with van der Waals surface area (Å²) in [6, 6.07) is 0. The Labute approximate surface area is 135 Å². The Bertz CT molecular complexity index is 445. The lowest BCUT2D eigenvalue weighted by atomic mass is 9.85. The lowest BCUT2D eigenvalue weighted by Crippen LogP contribution is -2.37. The molecule has 0 saturated carbocycles. The fourth-order valence-corrected chi connectivity index (χ4v) is 2.98. The van der Waals surface area contributed by atoms with Crippen molar-refractivity contribution in [2.75, 3.05) is 34.0 Å². The fourth-order valence-electron chi connectivity index (χ4n) is 2.98. The molecule has 0 amide bonds. The van der Waals surface area contributed by atoms with Gasteiger partial charge in [-0.05, 0) is 19.4 Å². The predicted octanol–water partition coefficient (Wildman–Crippen LogP) is 0.858. The third-order valence-corrected chi connectivity index (χ3v) is 4.03. The predicted molar refractivity (Wildman–Crippen MR) is 79.7 cm³/mol. The van der Waals surface area contributed by atoms with Crippen LogP contribution in [0.5, 0.6) is 0 Å². The van der Waals surface area contributed by atoms with Crippen molar-refractivity contribution >= 4 is 12.3 Å². The summed E-state index contributed by atoms with van der Waals surface area (Å²) in [5.41, 5.74) is 0.294. The summed E-state index contributed by atoms with van der Waals surface area (Å²) in [6.07, 6.45) is 2.71. The second-order valence-corrected chi connectivity index (χ2v) is 5.64. The molecule has 2 aliphatic rings. The fraction of sp³-hybridized carbons (Fsp3) is 0.750. The third-order valence-electron chi connectivity index (χ3n) is 4.03. The molecule has 130 valence electrons. The smallest absolute Gasteiger partial charge is 0.334 e. The molecule has 3 atom stereocenters. The lowest BCUT2D eigenvalue weighted by Gasteiger charge is -2.32. The average molecular weight is 328 g/mol. The Morgan fingerprint density at radius 1 is 1.30 bits per heavy atom. The first-order valence-electron chi connectivity index (χ1n) is 7.77. The number of rotatable bonds is 7. The number of esters is 1. The zero-order valence-electron chi connectivity index (χ0n) is 13.8. The molecule has 0 aromatic heterocycles. The molecule has 1 heterocycles. The molecule has 0 radical (unpaired) electrons. The van der Waals surface area contributed by atoms with E-state index in [0.717, 1.165) is 6.29 Å². The molecule has 1 saturated heterocycles. The summed E-state index contributed by atoms with van der Waals surface area (Å²) < 4.78 is 27.4. The van der Waals surface area contributed by atoms with Crippen molar-refractivity contribution in [3.63, 3.8) is 0 Å². The minimum absolute atomic E-state index is 0.245. The SMILES string of the molecule is CCOC(=O)C1=CC2(CCC1C=O)O[C@H](COC)[C@@H](COC)O2. The van der Waals surface area contributed by atoms with Gasteiger partial charge in [-0.15, -0.1) is 0 Å². The van der Waals surface area contributed by atoms with Gasteiger partial charge in [0.05, 0.1) is 19.8 Å². The van der Waals surface area contributed by atoms with Crippen LogP contribution in [0, 0.1) is 5.92 Å². The second kappa shape index (κ2) is 8.01. The third kappa shape index (κ3) is 3.98. The van der Waals surface area contributed by atoms with E-state index in [2.05, 4.69) is 0 Å². The summed E-state index contributed by atoms with van der Waals surface area (Å²) in [4.78, 5) is 23.4. The molecule has 2 rings (SSSR count). The molecule has 0 aromatic carbocycles. The van der Waals surface area contributed by atoms with Gasteiger partial charge in [0.25, 0.3) is 0 Å². The molecule has 1 aliphatic heterocycles. The van der Waals surface area contributed by atoms with Crippen molar-refractivity contribution in [3.05, 3.63) is 11.6 Å². The van der Waals surface area contributed by atoms with E-state index in [0.29, 0.717) is 31.6 Å². The number of hydrogen-bond donors (Lipinski definition) is 0. The maximum atomic E-state index is 12.1. The van der Waals surface area contributed by atoms with E-state index < -0.39 is 17.7 Å². The minimum atomic E-state index is -1.03. The van der Waals surface area contributed by atoms with E-state index in [-0.39, 0.29) is 18.8 Å². The van der Waals surface area contributed by atoms with Gasteiger partial charge in [-0.3, -0.25) is 0 Å². The summed E-state index contributed by atoms with van der Waals surface area (Å²) in [6.45, 7) is 2.68. The van der Waals surface area contributed by atoms with Gasteiger partial charge in [-0.2, -0.15) is 0 Å². The number of carbonyl (C=O) groups is 2. The Hall–Kier alpha value is -1.28.